The molecule has 3 aromatic carbocycles. The maximum Gasteiger partial charge on any atom is 0.344 e. The minimum absolute atomic E-state index is 0.0907. The minimum atomic E-state index is -0.772. The summed E-state index contributed by atoms with van der Waals surface area (Å²) in [7, 11) is 0. The summed E-state index contributed by atoms with van der Waals surface area (Å²) in [5.74, 6) is -1.11. The Morgan fingerprint density at radius 2 is 1.53 bits per heavy atom. The number of para-hydroxylation sites is 1. The van der Waals surface area contributed by atoms with Gasteiger partial charge in [0.1, 0.15) is 17.7 Å². The summed E-state index contributed by atoms with van der Waals surface area (Å²) in [6, 6.07) is 27.2. The number of hydrogen-bond acceptors (Lipinski definition) is 6. The lowest BCUT2D eigenvalue weighted by molar-refractivity contribution is 0.0523. The van der Waals surface area contributed by atoms with E-state index >= 15 is 0 Å². The monoisotopic (exact) mass is 478 g/mol. The summed E-state index contributed by atoms with van der Waals surface area (Å²) < 4.78 is 12.0. The average Bonchev–Trinajstić information content (AvgIpc) is 3.35. The summed E-state index contributed by atoms with van der Waals surface area (Å²) >= 11 is 0. The van der Waals surface area contributed by atoms with Crippen LogP contribution in [0.1, 0.15) is 27.8 Å². The fraction of sp³-hybridized carbons (Fsp3) is 0.103. The van der Waals surface area contributed by atoms with Gasteiger partial charge in [-0.05, 0) is 24.6 Å². The van der Waals surface area contributed by atoms with E-state index in [1.165, 1.54) is 0 Å². The van der Waals surface area contributed by atoms with E-state index in [2.05, 4.69) is 5.10 Å². The van der Waals surface area contributed by atoms with Crippen LogP contribution in [0.3, 0.4) is 0 Å². The normalized spacial score (nSPS) is 10.9. The molecule has 2 aromatic heterocycles. The van der Waals surface area contributed by atoms with Gasteiger partial charge in [-0.25, -0.2) is 9.48 Å². The lowest BCUT2D eigenvalue weighted by atomic mass is 9.95. The molecular formula is C29H22N2O5. The maximum atomic E-state index is 13.6. The molecule has 0 amide bonds. The van der Waals surface area contributed by atoms with E-state index in [1.807, 2.05) is 66.7 Å². The van der Waals surface area contributed by atoms with E-state index in [-0.39, 0.29) is 17.9 Å². The van der Waals surface area contributed by atoms with Crippen molar-refractivity contribution in [3.8, 4) is 22.4 Å². The van der Waals surface area contributed by atoms with Gasteiger partial charge in [0.2, 0.25) is 5.78 Å². The zero-order valence-corrected chi connectivity index (χ0v) is 19.5. The molecule has 5 rings (SSSR count). The predicted octanol–water partition coefficient (Wildman–Crippen LogP) is 5.38. The quantitative estimate of drug-likeness (QED) is 0.230. The molecule has 178 valence electrons. The van der Waals surface area contributed by atoms with Crippen LogP contribution in [0.25, 0.3) is 33.4 Å². The van der Waals surface area contributed by atoms with Gasteiger partial charge in [-0.15, -0.1) is 0 Å². The topological polar surface area (TPSA) is 91.4 Å². The molecule has 0 fully saturated rings. The smallest absolute Gasteiger partial charge is 0.344 e. The van der Waals surface area contributed by atoms with Crippen molar-refractivity contribution in [1.29, 1.82) is 0 Å². The Morgan fingerprint density at radius 1 is 0.889 bits per heavy atom. The number of hydrogen-bond donors (Lipinski definition) is 0. The van der Waals surface area contributed by atoms with Crippen molar-refractivity contribution in [3.63, 3.8) is 0 Å². The predicted molar refractivity (Wildman–Crippen MR) is 136 cm³/mol. The molecule has 0 saturated carbocycles. The summed E-state index contributed by atoms with van der Waals surface area (Å²) in [4.78, 5) is 39.9. The third kappa shape index (κ3) is 4.34. The zero-order valence-electron chi connectivity index (χ0n) is 19.5. The van der Waals surface area contributed by atoms with Crippen molar-refractivity contribution in [1.82, 2.24) is 9.78 Å². The molecule has 7 nitrogen and oxygen atoms in total. The average molecular weight is 479 g/mol. The second kappa shape index (κ2) is 9.84. The van der Waals surface area contributed by atoms with Gasteiger partial charge < -0.3 is 9.15 Å². The number of ketones is 1. The minimum Gasteiger partial charge on any atom is -0.462 e. The Bertz CT molecular complexity index is 1590. The molecule has 5 aromatic rings. The lowest BCUT2D eigenvalue weighted by Gasteiger charge is -2.16. The molecule has 7 heteroatoms. The van der Waals surface area contributed by atoms with Crippen LogP contribution in [0.2, 0.25) is 0 Å². The number of benzene rings is 3. The van der Waals surface area contributed by atoms with E-state index in [0.29, 0.717) is 28.0 Å². The summed E-state index contributed by atoms with van der Waals surface area (Å²) in [6.07, 6.45) is 0. The number of fused-ring (bicyclic) bond motifs is 1. The molecule has 0 aliphatic heterocycles. The SMILES string of the molecule is CCOC(=O)c1c(-c2ccccc2)c(-c2ccccc2)nn(CC(=O)c2cc3ccccc3o2)c1=O. The van der Waals surface area contributed by atoms with Crippen molar-refractivity contribution in [3.05, 3.63) is 113 Å². The molecule has 0 spiro atoms. The number of rotatable bonds is 7. The van der Waals surface area contributed by atoms with Crippen LogP contribution in [0.15, 0.2) is 100 Å². The van der Waals surface area contributed by atoms with Gasteiger partial charge in [0.25, 0.3) is 5.56 Å². The first kappa shape index (κ1) is 23.0. The molecule has 0 unspecified atom stereocenters. The lowest BCUT2D eigenvalue weighted by Crippen LogP contribution is -2.33. The summed E-state index contributed by atoms with van der Waals surface area (Å²) in [5, 5.41) is 5.35. The van der Waals surface area contributed by atoms with E-state index in [0.717, 1.165) is 10.1 Å². The van der Waals surface area contributed by atoms with Crippen molar-refractivity contribution < 1.29 is 18.7 Å². The third-order valence-electron chi connectivity index (χ3n) is 5.74. The van der Waals surface area contributed by atoms with Crippen LogP contribution in [-0.2, 0) is 11.3 Å². The standard InChI is InChI=1S/C29H22N2O5/c1-2-35-29(34)26-25(19-11-5-3-6-12-19)27(20-13-7-4-8-14-20)30-31(28(26)33)18-22(32)24-17-21-15-9-10-16-23(21)36-24/h3-17H,2,18H2,1H3. The van der Waals surface area contributed by atoms with E-state index in [9.17, 15) is 14.4 Å². The number of esters is 1. The van der Waals surface area contributed by atoms with Crippen LogP contribution in [-0.4, -0.2) is 28.1 Å². The van der Waals surface area contributed by atoms with Gasteiger partial charge in [-0.3, -0.25) is 9.59 Å². The van der Waals surface area contributed by atoms with Crippen molar-refractivity contribution >= 4 is 22.7 Å². The fourth-order valence-electron chi connectivity index (χ4n) is 4.09. The van der Waals surface area contributed by atoms with Gasteiger partial charge in [0.05, 0.1) is 12.3 Å². The fourth-order valence-corrected chi connectivity index (χ4v) is 4.09. The van der Waals surface area contributed by atoms with Gasteiger partial charge in [0.15, 0.2) is 5.76 Å². The molecule has 0 aliphatic rings. The first-order valence-electron chi connectivity index (χ1n) is 11.5. The van der Waals surface area contributed by atoms with E-state index < -0.39 is 23.9 Å². The molecular weight excluding hydrogens is 456 g/mol. The molecule has 0 aliphatic carbocycles. The molecule has 0 radical (unpaired) electrons. The largest absolute Gasteiger partial charge is 0.462 e. The number of nitrogens with zero attached hydrogens (tertiary/aromatic N) is 2. The molecule has 2 heterocycles. The molecule has 0 bridgehead atoms. The van der Waals surface area contributed by atoms with Gasteiger partial charge in [-0.2, -0.15) is 5.10 Å². The highest BCUT2D eigenvalue weighted by atomic mass is 16.5. The number of carbonyl (C=O) groups is 2. The van der Waals surface area contributed by atoms with Crippen LogP contribution in [0.4, 0.5) is 0 Å². The molecule has 0 atom stereocenters. The van der Waals surface area contributed by atoms with Gasteiger partial charge in [0, 0.05) is 16.5 Å². The number of carbonyl (C=O) groups excluding carboxylic acids is 2. The number of aromatic nitrogens is 2. The van der Waals surface area contributed by atoms with E-state index in [1.54, 1.807) is 31.2 Å². The van der Waals surface area contributed by atoms with Crippen LogP contribution >= 0.6 is 0 Å². The molecule has 36 heavy (non-hydrogen) atoms. The highest BCUT2D eigenvalue weighted by Gasteiger charge is 2.27. The Labute approximate surface area is 206 Å². The molecule has 0 saturated heterocycles. The van der Waals surface area contributed by atoms with Crippen molar-refractivity contribution in [2.75, 3.05) is 6.61 Å². The molecule has 0 N–H and O–H groups in total. The first-order valence-corrected chi connectivity index (χ1v) is 11.5. The second-order valence-electron chi connectivity index (χ2n) is 8.09. The number of ether oxygens (including phenoxy) is 1. The summed E-state index contributed by atoms with van der Waals surface area (Å²) in [5.41, 5.74) is 1.76. The Morgan fingerprint density at radius 3 is 2.19 bits per heavy atom. The first-order chi connectivity index (χ1) is 17.6. The Hall–Kier alpha value is -4.78. The van der Waals surface area contributed by atoms with Gasteiger partial charge in [-0.1, -0.05) is 78.9 Å². The number of Topliss-reactive ketones (excluding diaryl/α,β-unsaturated/α-hetero) is 1. The van der Waals surface area contributed by atoms with Crippen LogP contribution < -0.4 is 5.56 Å². The van der Waals surface area contributed by atoms with Crippen molar-refractivity contribution in [2.24, 2.45) is 0 Å². The van der Waals surface area contributed by atoms with Crippen LogP contribution in [0.5, 0.6) is 0 Å². The second-order valence-corrected chi connectivity index (χ2v) is 8.09. The van der Waals surface area contributed by atoms with E-state index in [4.69, 9.17) is 9.15 Å². The highest BCUT2D eigenvalue weighted by Crippen LogP contribution is 2.32. The number of furan rings is 1. The summed E-state index contributed by atoms with van der Waals surface area (Å²) in [6.45, 7) is 1.36. The van der Waals surface area contributed by atoms with Crippen LogP contribution in [0, 0.1) is 0 Å². The van der Waals surface area contributed by atoms with Crippen molar-refractivity contribution in [2.45, 2.75) is 13.5 Å². The Kier molecular flexibility index (Phi) is 6.28. The van der Waals surface area contributed by atoms with Gasteiger partial charge >= 0.3 is 5.97 Å². The zero-order chi connectivity index (χ0) is 25.1. The third-order valence-corrected chi connectivity index (χ3v) is 5.74. The highest BCUT2D eigenvalue weighted by molar-refractivity contribution is 6.01. The maximum absolute atomic E-state index is 13.6. The Balaban J connectivity index is 1.70.